The molecular weight excluding hydrogens is 372 g/mol. The third-order valence-electron chi connectivity index (χ3n) is 2.94. The highest BCUT2D eigenvalue weighted by Crippen LogP contribution is 2.06. The zero-order valence-corrected chi connectivity index (χ0v) is 19.8. The molecule has 0 N–H and O–H groups in total. The van der Waals surface area contributed by atoms with Gasteiger partial charge in [-0.05, 0) is 36.4 Å². The Bertz CT molecular complexity index is 560. The molecular formula is C27H40O3. The van der Waals surface area contributed by atoms with E-state index in [1.807, 2.05) is 91.0 Å². The Morgan fingerprint density at radius 3 is 0.667 bits per heavy atom. The SMILES string of the molecule is CCC.CCC.COc1ccccc1.COc1ccccc1.COc1ccccc1. The number of rotatable bonds is 3. The van der Waals surface area contributed by atoms with E-state index in [0.717, 1.165) is 17.2 Å². The van der Waals surface area contributed by atoms with Crippen LogP contribution in [0, 0.1) is 0 Å². The Morgan fingerprint density at radius 1 is 0.400 bits per heavy atom. The van der Waals surface area contributed by atoms with Gasteiger partial charge < -0.3 is 14.2 Å². The van der Waals surface area contributed by atoms with Crippen LogP contribution in [0.15, 0.2) is 91.0 Å². The molecule has 3 rings (SSSR count). The summed E-state index contributed by atoms with van der Waals surface area (Å²) in [6.07, 6.45) is 2.50. The summed E-state index contributed by atoms with van der Waals surface area (Å²) in [4.78, 5) is 0. The smallest absolute Gasteiger partial charge is 0.118 e. The molecule has 0 bridgehead atoms. The molecule has 3 aromatic carbocycles. The molecule has 3 heteroatoms. The first-order chi connectivity index (χ1) is 14.6. The highest BCUT2D eigenvalue weighted by atomic mass is 16.5. The normalized spacial score (nSPS) is 8.10. The van der Waals surface area contributed by atoms with Crippen molar-refractivity contribution in [1.29, 1.82) is 0 Å². The van der Waals surface area contributed by atoms with Crippen LogP contribution in [0.1, 0.15) is 40.5 Å². The first-order valence-electron chi connectivity index (χ1n) is 10.4. The third kappa shape index (κ3) is 19.8. The molecule has 166 valence electrons. The quantitative estimate of drug-likeness (QED) is 0.437. The van der Waals surface area contributed by atoms with Crippen LogP contribution < -0.4 is 14.2 Å². The maximum atomic E-state index is 4.91. The molecule has 0 spiro atoms. The Kier molecular flexibility index (Phi) is 23.5. The minimum absolute atomic E-state index is 0.910. The monoisotopic (exact) mass is 412 g/mol. The second-order valence-electron chi connectivity index (χ2n) is 5.97. The zero-order chi connectivity index (χ0) is 22.9. The average Bonchev–Trinajstić information content (AvgIpc) is 2.82. The average molecular weight is 413 g/mol. The van der Waals surface area contributed by atoms with Crippen molar-refractivity contribution in [2.24, 2.45) is 0 Å². The molecule has 0 aromatic heterocycles. The predicted molar refractivity (Wildman–Crippen MR) is 131 cm³/mol. The molecule has 30 heavy (non-hydrogen) atoms. The third-order valence-corrected chi connectivity index (χ3v) is 2.94. The number of hydrogen-bond donors (Lipinski definition) is 0. The molecule has 0 unspecified atom stereocenters. The van der Waals surface area contributed by atoms with Gasteiger partial charge in [0.15, 0.2) is 0 Å². The van der Waals surface area contributed by atoms with E-state index in [1.165, 1.54) is 12.8 Å². The van der Waals surface area contributed by atoms with E-state index >= 15 is 0 Å². The van der Waals surface area contributed by atoms with Gasteiger partial charge in [0, 0.05) is 0 Å². The first kappa shape index (κ1) is 29.3. The van der Waals surface area contributed by atoms with Gasteiger partial charge in [-0.15, -0.1) is 0 Å². The van der Waals surface area contributed by atoms with E-state index < -0.39 is 0 Å². The summed E-state index contributed by atoms with van der Waals surface area (Å²) in [5, 5.41) is 0. The second-order valence-corrected chi connectivity index (χ2v) is 5.97. The highest BCUT2D eigenvalue weighted by Gasteiger charge is 1.81. The van der Waals surface area contributed by atoms with Crippen molar-refractivity contribution in [2.75, 3.05) is 21.3 Å². The van der Waals surface area contributed by atoms with Crippen LogP contribution in [-0.2, 0) is 0 Å². The Labute approximate surface area is 184 Å². The topological polar surface area (TPSA) is 27.7 Å². The summed E-state index contributed by atoms with van der Waals surface area (Å²) in [5.74, 6) is 2.73. The number of hydrogen-bond acceptors (Lipinski definition) is 3. The van der Waals surface area contributed by atoms with Crippen molar-refractivity contribution in [3.63, 3.8) is 0 Å². The lowest BCUT2D eigenvalue weighted by Gasteiger charge is -1.93. The van der Waals surface area contributed by atoms with Crippen LogP contribution in [-0.4, -0.2) is 21.3 Å². The van der Waals surface area contributed by atoms with Gasteiger partial charge in [-0.2, -0.15) is 0 Å². The maximum absolute atomic E-state index is 4.91. The minimum Gasteiger partial charge on any atom is -0.497 e. The molecule has 0 aliphatic rings. The zero-order valence-electron chi connectivity index (χ0n) is 19.8. The number of ether oxygens (including phenoxy) is 3. The summed E-state index contributed by atoms with van der Waals surface area (Å²) in [7, 11) is 4.99. The van der Waals surface area contributed by atoms with Crippen molar-refractivity contribution < 1.29 is 14.2 Å². The van der Waals surface area contributed by atoms with Crippen LogP contribution in [0.3, 0.4) is 0 Å². The lowest BCUT2D eigenvalue weighted by atomic mass is 10.3. The van der Waals surface area contributed by atoms with Crippen LogP contribution >= 0.6 is 0 Å². The van der Waals surface area contributed by atoms with Crippen molar-refractivity contribution in [3.05, 3.63) is 91.0 Å². The lowest BCUT2D eigenvalue weighted by Crippen LogP contribution is -1.78. The number of benzene rings is 3. The van der Waals surface area contributed by atoms with E-state index in [4.69, 9.17) is 14.2 Å². The largest absolute Gasteiger partial charge is 0.497 e. The Morgan fingerprint density at radius 2 is 0.567 bits per heavy atom. The molecule has 0 fully saturated rings. The molecule has 0 heterocycles. The second kappa shape index (κ2) is 24.1. The Hall–Kier alpha value is -2.94. The standard InChI is InChI=1S/3C7H8O.2C3H8/c3*1-8-7-5-3-2-4-6-7;2*1-3-2/h3*2-6H,1H3;2*3H2,1-2H3. The molecule has 3 aromatic rings. The number of para-hydroxylation sites is 3. The van der Waals surface area contributed by atoms with Gasteiger partial charge in [0.2, 0.25) is 0 Å². The van der Waals surface area contributed by atoms with Gasteiger partial charge in [-0.25, -0.2) is 0 Å². The van der Waals surface area contributed by atoms with E-state index in [0.29, 0.717) is 0 Å². The van der Waals surface area contributed by atoms with E-state index in [2.05, 4.69) is 27.7 Å². The Balaban J connectivity index is 0. The fraction of sp³-hybridized carbons (Fsp3) is 0.333. The van der Waals surface area contributed by atoms with Crippen LogP contribution in [0.25, 0.3) is 0 Å². The summed E-state index contributed by atoms with van der Waals surface area (Å²) in [6.45, 7) is 8.50. The summed E-state index contributed by atoms with van der Waals surface area (Å²) >= 11 is 0. The fourth-order valence-corrected chi connectivity index (χ4v) is 1.67. The molecule has 0 amide bonds. The van der Waals surface area contributed by atoms with Gasteiger partial charge in [0.05, 0.1) is 21.3 Å². The summed E-state index contributed by atoms with van der Waals surface area (Å²) in [5.41, 5.74) is 0. The lowest BCUT2D eigenvalue weighted by molar-refractivity contribution is 0.414. The summed E-state index contributed by atoms with van der Waals surface area (Å²) in [6, 6.07) is 29.0. The molecule has 0 saturated heterocycles. The predicted octanol–water partition coefficient (Wildman–Crippen LogP) is 7.92. The molecule has 0 atom stereocenters. The molecule has 0 radical (unpaired) electrons. The van der Waals surface area contributed by atoms with E-state index in [-0.39, 0.29) is 0 Å². The summed E-state index contributed by atoms with van der Waals surface area (Å²) < 4.78 is 14.7. The van der Waals surface area contributed by atoms with E-state index in [9.17, 15) is 0 Å². The molecule has 0 saturated carbocycles. The molecule has 0 aliphatic carbocycles. The van der Waals surface area contributed by atoms with Crippen molar-refractivity contribution >= 4 is 0 Å². The van der Waals surface area contributed by atoms with Crippen LogP contribution in [0.2, 0.25) is 0 Å². The first-order valence-corrected chi connectivity index (χ1v) is 10.4. The van der Waals surface area contributed by atoms with Crippen molar-refractivity contribution in [3.8, 4) is 17.2 Å². The van der Waals surface area contributed by atoms with Gasteiger partial charge in [-0.1, -0.05) is 95.1 Å². The maximum Gasteiger partial charge on any atom is 0.118 e. The van der Waals surface area contributed by atoms with E-state index in [1.54, 1.807) is 21.3 Å². The fourth-order valence-electron chi connectivity index (χ4n) is 1.67. The van der Waals surface area contributed by atoms with Gasteiger partial charge in [-0.3, -0.25) is 0 Å². The minimum atomic E-state index is 0.910. The van der Waals surface area contributed by atoms with Gasteiger partial charge in [0.1, 0.15) is 17.2 Å². The molecule has 3 nitrogen and oxygen atoms in total. The van der Waals surface area contributed by atoms with Crippen molar-refractivity contribution in [2.45, 2.75) is 40.5 Å². The van der Waals surface area contributed by atoms with Crippen LogP contribution in [0.4, 0.5) is 0 Å². The highest BCUT2D eigenvalue weighted by molar-refractivity contribution is 5.21. The van der Waals surface area contributed by atoms with Crippen molar-refractivity contribution in [1.82, 2.24) is 0 Å². The van der Waals surface area contributed by atoms with Gasteiger partial charge >= 0.3 is 0 Å². The molecule has 0 aliphatic heterocycles. The number of methoxy groups -OCH3 is 3. The van der Waals surface area contributed by atoms with Gasteiger partial charge in [0.25, 0.3) is 0 Å². The van der Waals surface area contributed by atoms with Crippen LogP contribution in [0.5, 0.6) is 17.2 Å².